The molecule has 0 aliphatic carbocycles. The van der Waals surface area contributed by atoms with Crippen molar-refractivity contribution in [3.05, 3.63) is 28.8 Å². The Labute approximate surface area is 102 Å². The van der Waals surface area contributed by atoms with Gasteiger partial charge in [-0.15, -0.1) is 0 Å². The maximum Gasteiger partial charge on any atom is 0.176 e. The number of hydrogen-bond acceptors (Lipinski definition) is 4. The fourth-order valence-corrected chi connectivity index (χ4v) is 2.72. The van der Waals surface area contributed by atoms with Crippen LogP contribution in [0.3, 0.4) is 0 Å². The molecule has 0 spiro atoms. The fourth-order valence-electron chi connectivity index (χ4n) is 1.73. The van der Waals surface area contributed by atoms with Gasteiger partial charge in [-0.1, -0.05) is 11.2 Å². The third-order valence-corrected chi connectivity index (χ3v) is 3.83. The maximum absolute atomic E-state index is 11.7. The number of oxime groups is 1. The topological polar surface area (TPSA) is 55.7 Å². The van der Waals surface area contributed by atoms with Gasteiger partial charge in [-0.3, -0.25) is 0 Å². The predicted molar refractivity (Wildman–Crippen MR) is 68.2 cm³/mol. The summed E-state index contributed by atoms with van der Waals surface area (Å²) < 4.78 is 23.5. The Morgan fingerprint density at radius 2 is 1.88 bits per heavy atom. The van der Waals surface area contributed by atoms with Gasteiger partial charge in [0.05, 0.1) is 10.6 Å². The van der Waals surface area contributed by atoms with Gasteiger partial charge in [0.15, 0.2) is 9.84 Å². The van der Waals surface area contributed by atoms with Gasteiger partial charge in [0.25, 0.3) is 0 Å². The van der Waals surface area contributed by atoms with Crippen LogP contribution in [0.1, 0.15) is 23.6 Å². The van der Waals surface area contributed by atoms with Crippen LogP contribution in [-0.2, 0) is 14.7 Å². The van der Waals surface area contributed by atoms with Crippen molar-refractivity contribution in [3.63, 3.8) is 0 Å². The van der Waals surface area contributed by atoms with Gasteiger partial charge in [0.2, 0.25) is 0 Å². The van der Waals surface area contributed by atoms with Gasteiger partial charge in [-0.25, -0.2) is 8.42 Å². The number of hydrogen-bond donors (Lipinski definition) is 0. The van der Waals surface area contributed by atoms with Crippen molar-refractivity contribution in [2.75, 3.05) is 13.4 Å². The summed E-state index contributed by atoms with van der Waals surface area (Å²) in [7, 11) is -1.83. The molecule has 17 heavy (non-hydrogen) atoms. The summed E-state index contributed by atoms with van der Waals surface area (Å²) in [5.41, 5.74) is 3.13. The molecule has 1 aromatic rings. The van der Waals surface area contributed by atoms with Crippen molar-refractivity contribution >= 4 is 15.5 Å². The lowest BCUT2D eigenvalue weighted by Gasteiger charge is -2.12. The Bertz CT molecular complexity index is 559. The van der Waals surface area contributed by atoms with E-state index in [1.807, 2.05) is 13.8 Å². The van der Waals surface area contributed by atoms with Crippen LogP contribution in [0.15, 0.2) is 22.2 Å². The van der Waals surface area contributed by atoms with Crippen molar-refractivity contribution in [1.29, 1.82) is 0 Å². The van der Waals surface area contributed by atoms with Gasteiger partial charge in [0, 0.05) is 11.8 Å². The normalized spacial score (nSPS) is 12.6. The van der Waals surface area contributed by atoms with E-state index in [-0.39, 0.29) is 0 Å². The van der Waals surface area contributed by atoms with Crippen molar-refractivity contribution in [1.82, 2.24) is 0 Å². The minimum absolute atomic E-state index is 0.291. The highest BCUT2D eigenvalue weighted by molar-refractivity contribution is 7.90. The summed E-state index contributed by atoms with van der Waals surface area (Å²) in [6.07, 6.45) is 1.20. The third kappa shape index (κ3) is 2.85. The first-order chi connectivity index (χ1) is 7.79. The quantitative estimate of drug-likeness (QED) is 0.613. The molecule has 5 heteroatoms. The van der Waals surface area contributed by atoms with E-state index in [0.29, 0.717) is 16.2 Å². The van der Waals surface area contributed by atoms with Crippen molar-refractivity contribution in [3.8, 4) is 0 Å². The Hall–Kier alpha value is -1.36. The molecule has 1 aromatic carbocycles. The first-order valence-corrected chi connectivity index (χ1v) is 7.06. The second kappa shape index (κ2) is 4.87. The second-order valence-corrected chi connectivity index (χ2v) is 6.00. The van der Waals surface area contributed by atoms with Gasteiger partial charge >= 0.3 is 0 Å². The number of nitrogens with zero attached hydrogens (tertiary/aromatic N) is 1. The van der Waals surface area contributed by atoms with Crippen LogP contribution in [0.25, 0.3) is 0 Å². The molecule has 0 N–H and O–H groups in total. The van der Waals surface area contributed by atoms with Crippen molar-refractivity contribution in [2.45, 2.75) is 25.7 Å². The monoisotopic (exact) mass is 255 g/mol. The molecule has 0 amide bonds. The standard InChI is InChI=1S/C12H17NO3S/c1-8-6-7-11(17(5,14)15)12(9(8)2)10(3)13-16-4/h6-7H,1-5H3/b13-10+. The molecule has 0 aliphatic rings. The maximum atomic E-state index is 11.7. The van der Waals surface area contributed by atoms with E-state index in [2.05, 4.69) is 5.16 Å². The Kier molecular flexibility index (Phi) is 3.93. The Morgan fingerprint density at radius 3 is 2.35 bits per heavy atom. The van der Waals surface area contributed by atoms with Crippen molar-refractivity contribution < 1.29 is 13.3 Å². The van der Waals surface area contributed by atoms with E-state index in [1.165, 1.54) is 13.4 Å². The van der Waals surface area contributed by atoms with Crippen LogP contribution in [-0.4, -0.2) is 27.5 Å². The minimum atomic E-state index is -3.27. The molecule has 0 aliphatic heterocycles. The van der Waals surface area contributed by atoms with Gasteiger partial charge < -0.3 is 4.84 Å². The van der Waals surface area contributed by atoms with E-state index in [4.69, 9.17) is 4.84 Å². The smallest absolute Gasteiger partial charge is 0.176 e. The van der Waals surface area contributed by atoms with Gasteiger partial charge in [-0.2, -0.15) is 0 Å². The third-order valence-electron chi connectivity index (χ3n) is 2.69. The lowest BCUT2D eigenvalue weighted by Crippen LogP contribution is -2.10. The predicted octanol–water partition coefficient (Wildman–Crippen LogP) is 2.08. The molecule has 0 aromatic heterocycles. The zero-order valence-corrected chi connectivity index (χ0v) is 11.6. The first-order valence-electron chi connectivity index (χ1n) is 5.17. The molecule has 0 atom stereocenters. The molecule has 4 nitrogen and oxygen atoms in total. The highest BCUT2D eigenvalue weighted by Crippen LogP contribution is 2.23. The molecular formula is C12H17NO3S. The summed E-state index contributed by atoms with van der Waals surface area (Å²) in [4.78, 5) is 5.00. The van der Waals surface area contributed by atoms with Crippen LogP contribution < -0.4 is 0 Å². The summed E-state index contributed by atoms with van der Waals surface area (Å²) >= 11 is 0. The summed E-state index contributed by atoms with van der Waals surface area (Å²) in [5, 5.41) is 3.82. The summed E-state index contributed by atoms with van der Waals surface area (Å²) in [6.45, 7) is 5.55. The highest BCUT2D eigenvalue weighted by atomic mass is 32.2. The SMILES string of the molecule is CO/N=C(\C)c1c(S(C)(=O)=O)ccc(C)c1C. The molecule has 1 rings (SSSR count). The first kappa shape index (κ1) is 13.7. The van der Waals surface area contributed by atoms with Gasteiger partial charge in [-0.05, 0) is 38.0 Å². The number of sulfone groups is 1. The average Bonchev–Trinajstić information content (AvgIpc) is 2.20. The van der Waals surface area contributed by atoms with Crippen molar-refractivity contribution in [2.24, 2.45) is 5.16 Å². The molecule has 0 heterocycles. The van der Waals surface area contributed by atoms with Crippen LogP contribution in [0.4, 0.5) is 0 Å². The zero-order chi connectivity index (χ0) is 13.2. The molecule has 0 saturated carbocycles. The number of benzene rings is 1. The van der Waals surface area contributed by atoms with E-state index in [1.54, 1.807) is 19.1 Å². The van der Waals surface area contributed by atoms with E-state index < -0.39 is 9.84 Å². The van der Waals surface area contributed by atoms with E-state index in [0.717, 1.165) is 11.1 Å². The molecule has 0 unspecified atom stereocenters. The summed E-state index contributed by atoms with van der Waals surface area (Å²) in [6, 6.07) is 3.41. The second-order valence-electron chi connectivity index (χ2n) is 4.01. The number of rotatable bonds is 3. The molecule has 0 radical (unpaired) electrons. The largest absolute Gasteiger partial charge is 0.399 e. The van der Waals surface area contributed by atoms with Crippen LogP contribution in [0.2, 0.25) is 0 Å². The van der Waals surface area contributed by atoms with Crippen LogP contribution in [0, 0.1) is 13.8 Å². The van der Waals surface area contributed by atoms with Gasteiger partial charge in [0.1, 0.15) is 7.11 Å². The van der Waals surface area contributed by atoms with E-state index in [9.17, 15) is 8.42 Å². The van der Waals surface area contributed by atoms with E-state index >= 15 is 0 Å². The molecule has 0 fully saturated rings. The lowest BCUT2D eigenvalue weighted by molar-refractivity contribution is 0.213. The lowest BCUT2D eigenvalue weighted by atomic mass is 10.0. The fraction of sp³-hybridized carbons (Fsp3) is 0.417. The molecular weight excluding hydrogens is 238 g/mol. The Balaban J connectivity index is 3.65. The highest BCUT2D eigenvalue weighted by Gasteiger charge is 2.18. The summed E-state index contributed by atoms with van der Waals surface area (Å²) in [5.74, 6) is 0. The van der Waals surface area contributed by atoms with Crippen LogP contribution in [0.5, 0.6) is 0 Å². The zero-order valence-electron chi connectivity index (χ0n) is 10.7. The molecule has 0 saturated heterocycles. The molecule has 94 valence electrons. The number of aryl methyl sites for hydroxylation is 1. The minimum Gasteiger partial charge on any atom is -0.399 e. The average molecular weight is 255 g/mol. The Morgan fingerprint density at radius 1 is 1.29 bits per heavy atom. The van der Waals surface area contributed by atoms with Crippen LogP contribution >= 0.6 is 0 Å². The molecule has 0 bridgehead atoms.